The maximum Gasteiger partial charge on any atom is 0.185 e. The maximum atomic E-state index is 10.6. The summed E-state index contributed by atoms with van der Waals surface area (Å²) >= 11 is 0. The van der Waals surface area contributed by atoms with Gasteiger partial charge in [0.05, 0.1) is 6.54 Å². The predicted octanol–water partition coefficient (Wildman–Crippen LogP) is 2.65. The molecule has 0 fully saturated rings. The van der Waals surface area contributed by atoms with Crippen LogP contribution >= 0.6 is 0 Å². The molecule has 0 spiro atoms. The molecule has 1 aliphatic heterocycles. The Kier molecular flexibility index (Phi) is 2.99. The summed E-state index contributed by atoms with van der Waals surface area (Å²) in [5, 5.41) is 0. The lowest BCUT2D eigenvalue weighted by molar-refractivity contribution is 0.109. The molecule has 1 aliphatic rings. The van der Waals surface area contributed by atoms with E-state index in [4.69, 9.17) is 4.42 Å². The molecule has 0 unspecified atom stereocenters. The highest BCUT2D eigenvalue weighted by atomic mass is 16.3. The van der Waals surface area contributed by atoms with Gasteiger partial charge in [-0.15, -0.1) is 0 Å². The van der Waals surface area contributed by atoms with Crippen molar-refractivity contribution in [3.05, 3.63) is 59.0 Å². The van der Waals surface area contributed by atoms with Gasteiger partial charge in [0.1, 0.15) is 5.76 Å². The molecule has 0 saturated heterocycles. The zero-order valence-electron chi connectivity index (χ0n) is 10.1. The fourth-order valence-electron chi connectivity index (χ4n) is 2.45. The van der Waals surface area contributed by atoms with Gasteiger partial charge in [0.15, 0.2) is 12.0 Å². The maximum absolute atomic E-state index is 10.6. The number of carbonyl (C=O) groups excluding carboxylic acids is 1. The molecule has 0 saturated carbocycles. The van der Waals surface area contributed by atoms with Gasteiger partial charge in [-0.05, 0) is 29.7 Å². The lowest BCUT2D eigenvalue weighted by Crippen LogP contribution is -2.29. The number of fused-ring (bicyclic) bond motifs is 1. The molecule has 0 bridgehead atoms. The normalized spacial score (nSPS) is 15.3. The zero-order chi connectivity index (χ0) is 12.4. The van der Waals surface area contributed by atoms with E-state index in [1.807, 2.05) is 6.07 Å². The van der Waals surface area contributed by atoms with Crippen molar-refractivity contribution in [2.24, 2.45) is 0 Å². The van der Waals surface area contributed by atoms with Crippen molar-refractivity contribution in [1.82, 2.24) is 4.90 Å². The monoisotopic (exact) mass is 241 g/mol. The van der Waals surface area contributed by atoms with Crippen molar-refractivity contribution in [2.45, 2.75) is 19.5 Å². The summed E-state index contributed by atoms with van der Waals surface area (Å²) in [7, 11) is 0. The molecule has 0 aliphatic carbocycles. The highest BCUT2D eigenvalue weighted by Crippen LogP contribution is 2.20. The number of benzene rings is 1. The van der Waals surface area contributed by atoms with Crippen LogP contribution in [-0.4, -0.2) is 17.7 Å². The zero-order valence-corrected chi connectivity index (χ0v) is 10.1. The predicted molar refractivity (Wildman–Crippen MR) is 68.4 cm³/mol. The van der Waals surface area contributed by atoms with Crippen LogP contribution in [0.15, 0.2) is 40.8 Å². The molecule has 18 heavy (non-hydrogen) atoms. The van der Waals surface area contributed by atoms with Crippen LogP contribution in [0, 0.1) is 0 Å². The first-order valence-electron chi connectivity index (χ1n) is 6.18. The fraction of sp³-hybridized carbons (Fsp3) is 0.267. The molecule has 3 heteroatoms. The van der Waals surface area contributed by atoms with E-state index >= 15 is 0 Å². The first-order valence-corrected chi connectivity index (χ1v) is 6.18. The number of aldehydes is 1. The van der Waals surface area contributed by atoms with Gasteiger partial charge < -0.3 is 4.42 Å². The van der Waals surface area contributed by atoms with E-state index in [9.17, 15) is 4.79 Å². The molecule has 1 aromatic carbocycles. The minimum atomic E-state index is 0.405. The van der Waals surface area contributed by atoms with E-state index in [2.05, 4.69) is 29.2 Å². The first-order chi connectivity index (χ1) is 8.85. The lowest BCUT2D eigenvalue weighted by Gasteiger charge is -2.27. The summed E-state index contributed by atoms with van der Waals surface area (Å²) < 4.78 is 5.41. The summed E-state index contributed by atoms with van der Waals surface area (Å²) in [6, 6.07) is 12.2. The van der Waals surface area contributed by atoms with Gasteiger partial charge in [0.25, 0.3) is 0 Å². The highest BCUT2D eigenvalue weighted by molar-refractivity contribution is 5.70. The molecule has 2 aromatic rings. The van der Waals surface area contributed by atoms with Gasteiger partial charge >= 0.3 is 0 Å². The van der Waals surface area contributed by atoms with Crippen molar-refractivity contribution in [2.75, 3.05) is 6.54 Å². The average Bonchev–Trinajstić information content (AvgIpc) is 2.86. The van der Waals surface area contributed by atoms with Gasteiger partial charge in [-0.3, -0.25) is 9.69 Å². The second-order valence-corrected chi connectivity index (χ2v) is 4.65. The Balaban J connectivity index is 1.71. The number of nitrogens with zero attached hydrogens (tertiary/aromatic N) is 1. The van der Waals surface area contributed by atoms with Crippen LogP contribution in [0.2, 0.25) is 0 Å². The number of hydrogen-bond donors (Lipinski definition) is 0. The van der Waals surface area contributed by atoms with Gasteiger partial charge in [-0.1, -0.05) is 24.3 Å². The van der Waals surface area contributed by atoms with E-state index in [0.29, 0.717) is 5.76 Å². The summed E-state index contributed by atoms with van der Waals surface area (Å²) in [6.45, 7) is 2.75. The van der Waals surface area contributed by atoms with Gasteiger partial charge in [0, 0.05) is 13.1 Å². The van der Waals surface area contributed by atoms with Crippen LogP contribution < -0.4 is 0 Å². The smallest absolute Gasteiger partial charge is 0.185 e. The topological polar surface area (TPSA) is 33.5 Å². The fourth-order valence-corrected chi connectivity index (χ4v) is 2.45. The van der Waals surface area contributed by atoms with E-state index < -0.39 is 0 Å². The van der Waals surface area contributed by atoms with Crippen molar-refractivity contribution < 1.29 is 9.21 Å². The molecule has 3 rings (SSSR count). The summed E-state index contributed by atoms with van der Waals surface area (Å²) in [6.07, 6.45) is 1.83. The van der Waals surface area contributed by atoms with Crippen LogP contribution in [0.25, 0.3) is 0 Å². The van der Waals surface area contributed by atoms with Crippen LogP contribution in [0.1, 0.15) is 27.4 Å². The van der Waals surface area contributed by atoms with Crippen molar-refractivity contribution >= 4 is 6.29 Å². The quantitative estimate of drug-likeness (QED) is 0.775. The van der Waals surface area contributed by atoms with Crippen molar-refractivity contribution in [3.63, 3.8) is 0 Å². The SMILES string of the molecule is O=Cc1ccc(CN2CCc3ccccc3C2)o1. The Morgan fingerprint density at radius 1 is 1.17 bits per heavy atom. The van der Waals surface area contributed by atoms with Crippen molar-refractivity contribution in [3.8, 4) is 0 Å². The molecular weight excluding hydrogens is 226 g/mol. The Labute approximate surface area is 106 Å². The summed E-state index contributed by atoms with van der Waals surface area (Å²) in [5.41, 5.74) is 2.84. The van der Waals surface area contributed by atoms with Crippen LogP contribution in [-0.2, 0) is 19.5 Å². The molecule has 0 atom stereocenters. The van der Waals surface area contributed by atoms with E-state index in [-0.39, 0.29) is 0 Å². The largest absolute Gasteiger partial charge is 0.457 e. The van der Waals surface area contributed by atoms with Crippen LogP contribution in [0.5, 0.6) is 0 Å². The minimum absolute atomic E-state index is 0.405. The minimum Gasteiger partial charge on any atom is -0.457 e. The molecule has 3 nitrogen and oxygen atoms in total. The number of furan rings is 1. The van der Waals surface area contributed by atoms with Crippen LogP contribution in [0.4, 0.5) is 0 Å². The Bertz CT molecular complexity index is 559. The third kappa shape index (κ3) is 2.22. The molecule has 0 radical (unpaired) electrons. The molecule has 92 valence electrons. The van der Waals surface area contributed by atoms with Crippen LogP contribution in [0.3, 0.4) is 0 Å². The summed E-state index contributed by atoms with van der Waals surface area (Å²) in [4.78, 5) is 12.9. The Hall–Kier alpha value is -1.87. The number of carbonyl (C=O) groups is 1. The van der Waals surface area contributed by atoms with Crippen molar-refractivity contribution in [1.29, 1.82) is 0 Å². The second-order valence-electron chi connectivity index (χ2n) is 4.65. The highest BCUT2D eigenvalue weighted by Gasteiger charge is 2.16. The van der Waals surface area contributed by atoms with Gasteiger partial charge in [-0.2, -0.15) is 0 Å². The van der Waals surface area contributed by atoms with Gasteiger partial charge in [0.2, 0.25) is 0 Å². The molecular formula is C15H15NO2. The van der Waals surface area contributed by atoms with E-state index in [1.54, 1.807) is 6.07 Å². The Morgan fingerprint density at radius 3 is 2.78 bits per heavy atom. The second kappa shape index (κ2) is 4.78. The van der Waals surface area contributed by atoms with E-state index in [1.165, 1.54) is 11.1 Å². The molecule has 2 heterocycles. The third-order valence-corrected chi connectivity index (χ3v) is 3.39. The average molecular weight is 241 g/mol. The molecule has 0 N–H and O–H groups in total. The number of rotatable bonds is 3. The summed E-state index contributed by atoms with van der Waals surface area (Å²) in [5.74, 6) is 1.26. The lowest BCUT2D eigenvalue weighted by atomic mass is 10.00. The number of hydrogen-bond acceptors (Lipinski definition) is 3. The Morgan fingerprint density at radius 2 is 2.00 bits per heavy atom. The molecule has 1 aromatic heterocycles. The third-order valence-electron chi connectivity index (χ3n) is 3.39. The van der Waals surface area contributed by atoms with Gasteiger partial charge in [-0.25, -0.2) is 0 Å². The molecule has 0 amide bonds. The first kappa shape index (κ1) is 11.2. The standard InChI is InChI=1S/C15H15NO2/c17-11-15-6-5-14(18-15)10-16-8-7-12-3-1-2-4-13(12)9-16/h1-6,11H,7-10H2. The van der Waals surface area contributed by atoms with E-state index in [0.717, 1.165) is 38.1 Å².